The van der Waals surface area contributed by atoms with E-state index < -0.39 is 0 Å². The van der Waals surface area contributed by atoms with Gasteiger partial charge in [0.1, 0.15) is 0 Å². The van der Waals surface area contributed by atoms with Gasteiger partial charge in [0.25, 0.3) is 0 Å². The highest BCUT2D eigenvalue weighted by molar-refractivity contribution is 5.69. The van der Waals surface area contributed by atoms with E-state index in [4.69, 9.17) is 0 Å². The second kappa shape index (κ2) is 6.52. The second-order valence-electron chi connectivity index (χ2n) is 6.95. The Kier molecular flexibility index (Phi) is 4.47. The molecule has 0 bridgehead atoms. The van der Waals surface area contributed by atoms with E-state index in [9.17, 15) is 0 Å². The molecule has 0 saturated carbocycles. The number of benzene rings is 2. The molecule has 0 N–H and O–H groups in total. The van der Waals surface area contributed by atoms with Crippen LogP contribution in [0.3, 0.4) is 0 Å². The van der Waals surface area contributed by atoms with E-state index in [0.29, 0.717) is 0 Å². The van der Waals surface area contributed by atoms with Crippen molar-refractivity contribution in [3.8, 4) is 0 Å². The fourth-order valence-corrected chi connectivity index (χ4v) is 3.70. The molecular weight excluding hydrogens is 264 g/mol. The van der Waals surface area contributed by atoms with E-state index in [1.54, 1.807) is 5.57 Å². The van der Waals surface area contributed by atoms with Crippen LogP contribution in [0.5, 0.6) is 0 Å². The van der Waals surface area contributed by atoms with Gasteiger partial charge in [-0.25, -0.2) is 0 Å². The molecule has 22 heavy (non-hydrogen) atoms. The lowest BCUT2D eigenvalue weighted by Gasteiger charge is -2.21. The molecule has 0 heteroatoms. The third-order valence-electron chi connectivity index (χ3n) is 4.66. The third-order valence-corrected chi connectivity index (χ3v) is 4.66. The van der Waals surface area contributed by atoms with E-state index in [1.165, 1.54) is 47.1 Å². The zero-order valence-electron chi connectivity index (χ0n) is 14.0. The summed E-state index contributed by atoms with van der Waals surface area (Å²) in [5, 5.41) is 0. The zero-order valence-corrected chi connectivity index (χ0v) is 14.0. The van der Waals surface area contributed by atoms with E-state index in [0.717, 1.165) is 12.3 Å². The molecule has 0 aliphatic heterocycles. The Morgan fingerprint density at radius 1 is 1.00 bits per heavy atom. The van der Waals surface area contributed by atoms with Gasteiger partial charge in [0.2, 0.25) is 0 Å². The monoisotopic (exact) mass is 290 g/mol. The molecule has 0 heterocycles. The van der Waals surface area contributed by atoms with Crippen molar-refractivity contribution in [3.63, 3.8) is 0 Å². The van der Waals surface area contributed by atoms with Crippen LogP contribution < -0.4 is 0 Å². The van der Waals surface area contributed by atoms with Gasteiger partial charge < -0.3 is 0 Å². The fraction of sp³-hybridized carbons (Fsp3) is 0.364. The highest BCUT2D eigenvalue weighted by Gasteiger charge is 2.15. The summed E-state index contributed by atoms with van der Waals surface area (Å²) in [6.45, 7) is 6.75. The molecule has 0 nitrogen and oxygen atoms in total. The van der Waals surface area contributed by atoms with Gasteiger partial charge in [0, 0.05) is 0 Å². The summed E-state index contributed by atoms with van der Waals surface area (Å²) in [5.74, 6) is 0.814. The van der Waals surface area contributed by atoms with E-state index in [2.05, 4.69) is 69.3 Å². The van der Waals surface area contributed by atoms with E-state index in [-0.39, 0.29) is 0 Å². The average molecular weight is 290 g/mol. The normalized spacial score (nSPS) is 18.1. The maximum absolute atomic E-state index is 2.46. The summed E-state index contributed by atoms with van der Waals surface area (Å²) < 4.78 is 0. The van der Waals surface area contributed by atoms with Crippen molar-refractivity contribution in [2.75, 3.05) is 0 Å². The molecule has 2 aromatic carbocycles. The lowest BCUT2D eigenvalue weighted by molar-refractivity contribution is 0.536. The molecule has 114 valence electrons. The smallest absolute Gasteiger partial charge is 0.00195 e. The first-order chi connectivity index (χ1) is 10.6. The van der Waals surface area contributed by atoms with Gasteiger partial charge in [-0.05, 0) is 67.7 Å². The number of rotatable bonds is 3. The minimum absolute atomic E-state index is 0.814. The number of hydrogen-bond acceptors (Lipinski definition) is 0. The summed E-state index contributed by atoms with van der Waals surface area (Å²) in [5.41, 5.74) is 8.63. The average Bonchev–Trinajstić information content (AvgIpc) is 2.46. The second-order valence-corrected chi connectivity index (χ2v) is 6.95. The van der Waals surface area contributed by atoms with Crippen molar-refractivity contribution in [3.05, 3.63) is 76.4 Å². The molecule has 0 spiro atoms. The Labute approximate surface area is 134 Å². The van der Waals surface area contributed by atoms with E-state index in [1.807, 2.05) is 0 Å². The molecule has 0 aromatic heterocycles. The molecule has 1 aliphatic carbocycles. The van der Waals surface area contributed by atoms with Gasteiger partial charge in [0.15, 0.2) is 0 Å². The van der Waals surface area contributed by atoms with Crippen molar-refractivity contribution in [2.45, 2.75) is 46.5 Å². The van der Waals surface area contributed by atoms with Crippen LogP contribution >= 0.6 is 0 Å². The highest BCUT2D eigenvalue weighted by Crippen LogP contribution is 2.33. The van der Waals surface area contributed by atoms with Crippen molar-refractivity contribution in [1.29, 1.82) is 0 Å². The summed E-state index contributed by atoms with van der Waals surface area (Å²) in [6.07, 6.45) is 7.28. The van der Waals surface area contributed by atoms with Gasteiger partial charge in [-0.15, -0.1) is 0 Å². The lowest BCUT2D eigenvalue weighted by atomic mass is 9.84. The van der Waals surface area contributed by atoms with Crippen LogP contribution in [0.1, 0.15) is 54.0 Å². The Morgan fingerprint density at radius 2 is 1.73 bits per heavy atom. The van der Waals surface area contributed by atoms with Gasteiger partial charge >= 0.3 is 0 Å². The standard InChI is InChI=1S/C22H26/c1-16-7-6-9-20(14-16)22-10-5-4-8-21(22)15-19-12-17(2)11-18(3)13-19/h4-5,8-13,16H,6-7,14-15H2,1-3H3. The first-order valence-corrected chi connectivity index (χ1v) is 8.46. The minimum Gasteiger partial charge on any atom is -0.0807 e. The first kappa shape index (κ1) is 15.1. The molecule has 2 aromatic rings. The Hall–Kier alpha value is -1.82. The number of hydrogen-bond donors (Lipinski definition) is 0. The van der Waals surface area contributed by atoms with Gasteiger partial charge in [-0.2, -0.15) is 0 Å². The Balaban J connectivity index is 1.93. The zero-order chi connectivity index (χ0) is 15.5. The maximum atomic E-state index is 2.46. The highest BCUT2D eigenvalue weighted by atomic mass is 14.2. The van der Waals surface area contributed by atoms with E-state index >= 15 is 0 Å². The summed E-state index contributed by atoms with van der Waals surface area (Å²) in [4.78, 5) is 0. The molecule has 0 fully saturated rings. The van der Waals surface area contributed by atoms with Crippen LogP contribution in [0.15, 0.2) is 48.5 Å². The SMILES string of the molecule is Cc1cc(C)cc(Cc2ccccc2C2=CCCC(C)C2)c1. The van der Waals surface area contributed by atoms with Crippen molar-refractivity contribution < 1.29 is 0 Å². The maximum Gasteiger partial charge on any atom is -0.00195 e. The third kappa shape index (κ3) is 3.50. The van der Waals surface area contributed by atoms with Crippen LogP contribution in [-0.4, -0.2) is 0 Å². The Morgan fingerprint density at radius 3 is 2.45 bits per heavy atom. The molecule has 1 atom stereocenters. The predicted molar refractivity (Wildman–Crippen MR) is 96.2 cm³/mol. The molecule has 0 saturated heterocycles. The van der Waals surface area contributed by atoms with Gasteiger partial charge in [-0.3, -0.25) is 0 Å². The summed E-state index contributed by atoms with van der Waals surface area (Å²) in [7, 11) is 0. The van der Waals surface area contributed by atoms with Crippen molar-refractivity contribution >= 4 is 5.57 Å². The number of allylic oxidation sites excluding steroid dienone is 2. The summed E-state index contributed by atoms with van der Waals surface area (Å²) in [6, 6.07) is 15.9. The molecule has 0 radical (unpaired) electrons. The topological polar surface area (TPSA) is 0 Å². The number of aryl methyl sites for hydroxylation is 2. The molecular formula is C22H26. The van der Waals surface area contributed by atoms with Crippen LogP contribution in [-0.2, 0) is 6.42 Å². The molecule has 1 unspecified atom stereocenters. The Bertz CT molecular complexity index is 671. The molecule has 1 aliphatic rings. The van der Waals surface area contributed by atoms with Crippen LogP contribution in [0, 0.1) is 19.8 Å². The van der Waals surface area contributed by atoms with Crippen LogP contribution in [0.2, 0.25) is 0 Å². The molecule has 3 rings (SSSR count). The fourth-order valence-electron chi connectivity index (χ4n) is 3.70. The van der Waals surface area contributed by atoms with Crippen molar-refractivity contribution in [2.24, 2.45) is 5.92 Å². The molecule has 0 amide bonds. The minimum atomic E-state index is 0.814. The van der Waals surface area contributed by atoms with Crippen LogP contribution in [0.4, 0.5) is 0 Å². The first-order valence-electron chi connectivity index (χ1n) is 8.46. The van der Waals surface area contributed by atoms with Crippen molar-refractivity contribution in [1.82, 2.24) is 0 Å². The van der Waals surface area contributed by atoms with Crippen LogP contribution in [0.25, 0.3) is 5.57 Å². The van der Waals surface area contributed by atoms with Gasteiger partial charge in [-0.1, -0.05) is 66.6 Å². The van der Waals surface area contributed by atoms with Gasteiger partial charge in [0.05, 0.1) is 0 Å². The largest absolute Gasteiger partial charge is 0.0807 e. The predicted octanol–water partition coefficient (Wildman–Crippen LogP) is 6.10. The summed E-state index contributed by atoms with van der Waals surface area (Å²) >= 11 is 0. The lowest BCUT2D eigenvalue weighted by Crippen LogP contribution is -2.04. The quantitative estimate of drug-likeness (QED) is 0.641.